The minimum atomic E-state index is -3.89. The van der Waals surface area contributed by atoms with Crippen molar-refractivity contribution in [2.24, 2.45) is 0 Å². The fraction of sp³-hybridized carbons (Fsp3) is 0.458. The third kappa shape index (κ3) is 6.60. The molecule has 2 unspecified atom stereocenters. The van der Waals surface area contributed by atoms with Crippen LogP contribution in [0.2, 0.25) is 0 Å². The van der Waals surface area contributed by atoms with Crippen molar-refractivity contribution in [3.05, 3.63) is 48.4 Å². The largest absolute Gasteiger partial charge is 0.493 e. The number of nitrogens with one attached hydrogen (secondary N) is 1. The molecule has 1 N–H and O–H groups in total. The van der Waals surface area contributed by atoms with Crippen molar-refractivity contribution in [3.8, 4) is 11.5 Å². The van der Waals surface area contributed by atoms with Crippen LogP contribution in [-0.2, 0) is 30.7 Å². The molecule has 202 valence electrons. The normalized spacial score (nSPS) is 16.6. The number of alkyl carbamates (subject to hydrolysis) is 1. The van der Waals surface area contributed by atoms with Crippen LogP contribution in [0.1, 0.15) is 37.3 Å². The number of benzene rings is 1. The Hall–Kier alpha value is -3.58. The molecule has 0 spiro atoms. The van der Waals surface area contributed by atoms with Crippen LogP contribution >= 0.6 is 0 Å². The summed E-state index contributed by atoms with van der Waals surface area (Å²) in [5.41, 5.74) is 0.397. The van der Waals surface area contributed by atoms with E-state index < -0.39 is 34.2 Å². The van der Waals surface area contributed by atoms with Gasteiger partial charge < -0.3 is 28.8 Å². The molecular weight excluding hydrogens is 506 g/mol. The summed E-state index contributed by atoms with van der Waals surface area (Å²) in [7, 11) is -0.991. The Morgan fingerprint density at radius 3 is 2.68 bits per heavy atom. The number of sulfonamides is 1. The predicted molar refractivity (Wildman–Crippen MR) is 131 cm³/mol. The van der Waals surface area contributed by atoms with Crippen molar-refractivity contribution in [3.63, 3.8) is 0 Å². The van der Waals surface area contributed by atoms with Gasteiger partial charge in [0.25, 0.3) is 0 Å². The maximum atomic E-state index is 13.5. The number of carbonyl (C=O) groups excluding carboxylic acids is 2. The number of ether oxygens (including phenoxy) is 4. The first-order valence-corrected chi connectivity index (χ1v) is 13.1. The first-order chi connectivity index (χ1) is 17.7. The molecule has 2 atom stereocenters. The van der Waals surface area contributed by atoms with Crippen molar-refractivity contribution in [2.75, 3.05) is 34.0 Å². The molecule has 13 heteroatoms. The summed E-state index contributed by atoms with van der Waals surface area (Å²) in [4.78, 5) is 24.4. The van der Waals surface area contributed by atoms with Crippen molar-refractivity contribution < 1.29 is 41.5 Å². The lowest BCUT2D eigenvalue weighted by atomic mass is 10.1. The lowest BCUT2D eigenvalue weighted by Gasteiger charge is -2.23. The quantitative estimate of drug-likeness (QED) is 0.316. The van der Waals surface area contributed by atoms with Gasteiger partial charge >= 0.3 is 12.1 Å². The van der Waals surface area contributed by atoms with Gasteiger partial charge in [-0.15, -0.1) is 0 Å². The van der Waals surface area contributed by atoms with E-state index in [0.717, 1.165) is 0 Å². The molecular formula is C24H31N3O9S. The van der Waals surface area contributed by atoms with Gasteiger partial charge in [0.15, 0.2) is 11.5 Å². The van der Waals surface area contributed by atoms with Gasteiger partial charge in [0.1, 0.15) is 24.1 Å². The van der Waals surface area contributed by atoms with Crippen LogP contribution in [0, 0.1) is 0 Å². The Morgan fingerprint density at radius 2 is 2.00 bits per heavy atom. The smallest absolute Gasteiger partial charge is 0.408 e. The predicted octanol–water partition coefficient (Wildman–Crippen LogP) is 2.60. The van der Waals surface area contributed by atoms with Crippen LogP contribution in [0.4, 0.5) is 4.79 Å². The molecule has 37 heavy (non-hydrogen) atoms. The van der Waals surface area contributed by atoms with Gasteiger partial charge in [-0.25, -0.2) is 18.0 Å². The average Bonchev–Trinajstić information content (AvgIpc) is 3.56. The minimum Gasteiger partial charge on any atom is -0.493 e. The molecule has 0 saturated carbocycles. The zero-order valence-corrected chi connectivity index (χ0v) is 21.8. The van der Waals surface area contributed by atoms with Crippen molar-refractivity contribution in [2.45, 2.75) is 43.2 Å². The van der Waals surface area contributed by atoms with Gasteiger partial charge in [0.2, 0.25) is 10.0 Å². The second kappa shape index (κ2) is 12.6. The van der Waals surface area contributed by atoms with E-state index in [1.54, 1.807) is 13.0 Å². The van der Waals surface area contributed by atoms with Gasteiger partial charge in [-0.1, -0.05) is 17.8 Å². The highest BCUT2D eigenvalue weighted by Crippen LogP contribution is 2.38. The summed E-state index contributed by atoms with van der Waals surface area (Å²) in [6, 6.07) is 4.33. The zero-order chi connectivity index (χ0) is 27.0. The molecule has 1 aromatic heterocycles. The summed E-state index contributed by atoms with van der Waals surface area (Å²) >= 11 is 0. The maximum Gasteiger partial charge on any atom is 0.408 e. The number of hydrogen-bond acceptors (Lipinski definition) is 10. The van der Waals surface area contributed by atoms with E-state index >= 15 is 0 Å². The number of rotatable bonds is 12. The van der Waals surface area contributed by atoms with Gasteiger partial charge in [-0.2, -0.15) is 4.31 Å². The van der Waals surface area contributed by atoms with Crippen LogP contribution in [0.15, 0.2) is 46.3 Å². The lowest BCUT2D eigenvalue weighted by Crippen LogP contribution is -2.43. The van der Waals surface area contributed by atoms with E-state index in [0.29, 0.717) is 36.6 Å². The summed E-state index contributed by atoms with van der Waals surface area (Å²) in [6.45, 7) is 5.49. The molecule has 1 saturated heterocycles. The Labute approximate surface area is 215 Å². The highest BCUT2D eigenvalue weighted by atomic mass is 32.2. The number of amides is 1. The first-order valence-electron chi connectivity index (χ1n) is 11.6. The van der Waals surface area contributed by atoms with E-state index in [4.69, 9.17) is 23.5 Å². The number of carbonyl (C=O) groups is 2. The second-order valence-electron chi connectivity index (χ2n) is 8.05. The van der Waals surface area contributed by atoms with Crippen LogP contribution in [0.5, 0.6) is 11.5 Å². The van der Waals surface area contributed by atoms with E-state index in [1.165, 1.54) is 42.8 Å². The monoisotopic (exact) mass is 537 g/mol. The van der Waals surface area contributed by atoms with Crippen molar-refractivity contribution in [1.29, 1.82) is 0 Å². The van der Waals surface area contributed by atoms with Crippen LogP contribution in [0.3, 0.4) is 0 Å². The fourth-order valence-electron chi connectivity index (χ4n) is 3.97. The summed E-state index contributed by atoms with van der Waals surface area (Å²) in [6.07, 6.45) is 1.67. The average molecular weight is 538 g/mol. The Morgan fingerprint density at radius 1 is 1.24 bits per heavy atom. The van der Waals surface area contributed by atoms with E-state index in [1.807, 2.05) is 0 Å². The van der Waals surface area contributed by atoms with Crippen molar-refractivity contribution >= 4 is 22.1 Å². The van der Waals surface area contributed by atoms with E-state index in [2.05, 4.69) is 17.1 Å². The summed E-state index contributed by atoms with van der Waals surface area (Å²) in [5.74, 6) is 0.313. The van der Waals surface area contributed by atoms with Gasteiger partial charge in [-0.05, 0) is 31.9 Å². The standard InChI is InChI=1S/C24H31N3O9S/c1-5-12-35-24(29)25-19(23(28)34-6-2)14-16-13-18(26-36-16)20-8-7-11-27(20)37(30,31)17-9-10-21(32-3)22(15-17)33-4/h5,9-10,13,15,19-20H,1,6-8,11-12,14H2,2-4H3,(H,25,29). The minimum absolute atomic E-state index is 0.0279. The molecule has 1 aromatic carbocycles. The zero-order valence-electron chi connectivity index (χ0n) is 21.0. The molecule has 0 aliphatic carbocycles. The number of hydrogen-bond donors (Lipinski definition) is 1. The SMILES string of the molecule is C=CCOC(=O)NC(Cc1cc(C2CCCN2S(=O)(=O)c2ccc(OC)c(OC)c2)no1)C(=O)OCC. The number of aromatic nitrogens is 1. The molecule has 0 bridgehead atoms. The van der Waals surface area contributed by atoms with Gasteiger partial charge in [0.05, 0.1) is 31.8 Å². The molecule has 3 rings (SSSR count). The lowest BCUT2D eigenvalue weighted by molar-refractivity contribution is -0.145. The highest BCUT2D eigenvalue weighted by molar-refractivity contribution is 7.89. The molecule has 1 amide bonds. The van der Waals surface area contributed by atoms with Gasteiger partial charge in [-0.3, -0.25) is 0 Å². The topological polar surface area (TPSA) is 146 Å². The van der Waals surface area contributed by atoms with Crippen molar-refractivity contribution in [1.82, 2.24) is 14.8 Å². The van der Waals surface area contributed by atoms with Crippen LogP contribution < -0.4 is 14.8 Å². The Kier molecular flexibility index (Phi) is 9.53. The highest BCUT2D eigenvalue weighted by Gasteiger charge is 2.38. The van der Waals surface area contributed by atoms with Crippen LogP contribution in [0.25, 0.3) is 0 Å². The molecule has 1 aliphatic rings. The Balaban J connectivity index is 1.80. The van der Waals surface area contributed by atoms with E-state index in [-0.39, 0.29) is 30.3 Å². The first kappa shape index (κ1) is 28.0. The van der Waals surface area contributed by atoms with Crippen LogP contribution in [-0.4, -0.2) is 70.0 Å². The maximum absolute atomic E-state index is 13.5. The Bertz CT molecular complexity index is 1210. The molecule has 0 radical (unpaired) electrons. The third-order valence-electron chi connectivity index (χ3n) is 5.68. The number of methoxy groups -OCH3 is 2. The number of esters is 1. The number of nitrogens with zero attached hydrogens (tertiary/aromatic N) is 2. The second-order valence-corrected chi connectivity index (χ2v) is 9.94. The van der Waals surface area contributed by atoms with Gasteiger partial charge in [0, 0.05) is 25.1 Å². The fourth-order valence-corrected chi connectivity index (χ4v) is 5.66. The summed E-state index contributed by atoms with van der Waals surface area (Å²) < 4.78 is 54.1. The molecule has 2 heterocycles. The molecule has 12 nitrogen and oxygen atoms in total. The molecule has 2 aromatic rings. The summed E-state index contributed by atoms with van der Waals surface area (Å²) in [5, 5.41) is 6.51. The van der Waals surface area contributed by atoms with E-state index in [9.17, 15) is 18.0 Å². The third-order valence-corrected chi connectivity index (χ3v) is 7.59. The molecule has 1 aliphatic heterocycles. The molecule has 1 fully saturated rings.